The molecule has 3 aliphatic heterocycles. The number of aromatic nitrogens is 6. The molecular weight excluding hydrogens is 747 g/mol. The van der Waals surface area contributed by atoms with E-state index in [1.165, 1.54) is 0 Å². The number of nitrogens with zero attached hydrogens (tertiary/aromatic N) is 9. The van der Waals surface area contributed by atoms with E-state index in [9.17, 15) is 19.2 Å². The monoisotopic (exact) mass is 791 g/mol. The van der Waals surface area contributed by atoms with E-state index in [2.05, 4.69) is 41.5 Å². The Labute approximate surface area is 332 Å². The number of imide groups is 1. The normalized spacial score (nSPS) is 18.6. The Hall–Kier alpha value is -5.81. The van der Waals surface area contributed by atoms with Gasteiger partial charge >= 0.3 is 5.69 Å². The van der Waals surface area contributed by atoms with Crippen LogP contribution >= 0.6 is 11.3 Å². The van der Waals surface area contributed by atoms with Crippen molar-refractivity contribution >= 4 is 72.5 Å². The zero-order valence-electron chi connectivity index (χ0n) is 32.2. The van der Waals surface area contributed by atoms with Gasteiger partial charge in [-0.15, -0.1) is 0 Å². The number of aryl methyl sites for hydroxylation is 1. The number of thiazole rings is 1. The topological polar surface area (TPSA) is 164 Å². The Balaban J connectivity index is 0.832. The molecule has 9 rings (SSSR count). The number of amides is 3. The van der Waals surface area contributed by atoms with Gasteiger partial charge < -0.3 is 19.9 Å². The van der Waals surface area contributed by atoms with Crippen molar-refractivity contribution in [2.45, 2.75) is 51.7 Å². The third-order valence-corrected chi connectivity index (χ3v) is 12.4. The fraction of sp³-hybridized carbons (Fsp3) is 0.425. The average Bonchev–Trinajstić information content (AvgIpc) is 3.88. The first-order chi connectivity index (χ1) is 27.6. The van der Waals surface area contributed by atoms with Crippen molar-refractivity contribution in [2.75, 3.05) is 60.9 Å². The van der Waals surface area contributed by atoms with Crippen molar-refractivity contribution in [3.63, 3.8) is 0 Å². The molecule has 0 aliphatic carbocycles. The molecule has 17 heteroatoms. The highest BCUT2D eigenvalue weighted by Gasteiger charge is 2.33. The summed E-state index contributed by atoms with van der Waals surface area (Å²) in [4.78, 5) is 68.2. The standard InChI is InChI=1S/C40H45N11O5S/c1-24(2)56-32-21-27-33(20-26(32)37(53)43-28-22-42-50-13-5-12-41-36(28)50)57-39(44-27)49-18-16-47(17-19-49)23-25-10-14-48(15-11-25)29-6-4-7-30-35(29)46(3)40(55)51(30)31-8-9-34(52)45-38(31)54/h4-7,12-13,20-22,24-25,31H,8-11,14-19,23H2,1-3H3,(H,43,53)(H,45,52,54). The lowest BCUT2D eigenvalue weighted by Crippen LogP contribution is -2.49. The van der Waals surface area contributed by atoms with Gasteiger partial charge in [0, 0.05) is 77.7 Å². The van der Waals surface area contributed by atoms with Crippen molar-refractivity contribution in [1.82, 2.24) is 38.9 Å². The maximum atomic E-state index is 13.6. The number of hydrogen-bond acceptors (Lipinski definition) is 12. The summed E-state index contributed by atoms with van der Waals surface area (Å²) in [5.74, 6) is 0.0282. The van der Waals surface area contributed by atoms with Crippen LogP contribution in [0.1, 0.15) is 55.9 Å². The molecule has 3 saturated heterocycles. The van der Waals surface area contributed by atoms with E-state index in [4.69, 9.17) is 9.72 Å². The summed E-state index contributed by atoms with van der Waals surface area (Å²) in [7, 11) is 1.76. The number of piperazine rings is 1. The van der Waals surface area contributed by atoms with E-state index in [0.29, 0.717) is 35.0 Å². The van der Waals surface area contributed by atoms with Crippen LogP contribution in [0, 0.1) is 5.92 Å². The smallest absolute Gasteiger partial charge is 0.329 e. The number of piperidine rings is 2. The van der Waals surface area contributed by atoms with Crippen LogP contribution in [0.15, 0.2) is 59.8 Å². The number of rotatable bonds is 9. The largest absolute Gasteiger partial charge is 0.490 e. The summed E-state index contributed by atoms with van der Waals surface area (Å²) in [6.07, 6.45) is 7.52. The van der Waals surface area contributed by atoms with Gasteiger partial charge in [0.1, 0.15) is 17.5 Å². The van der Waals surface area contributed by atoms with E-state index >= 15 is 0 Å². The van der Waals surface area contributed by atoms with Crippen LogP contribution in [0.25, 0.3) is 26.9 Å². The number of para-hydroxylation sites is 1. The molecule has 57 heavy (non-hydrogen) atoms. The molecule has 296 valence electrons. The molecule has 3 fully saturated rings. The highest BCUT2D eigenvalue weighted by molar-refractivity contribution is 7.22. The number of carbonyl (C=O) groups is 3. The van der Waals surface area contributed by atoms with Crippen LogP contribution in [-0.2, 0) is 16.6 Å². The van der Waals surface area contributed by atoms with Gasteiger partial charge in [-0.25, -0.2) is 19.3 Å². The minimum atomic E-state index is -0.702. The predicted molar refractivity (Wildman–Crippen MR) is 219 cm³/mol. The number of imidazole rings is 1. The third kappa shape index (κ3) is 6.98. The predicted octanol–water partition coefficient (Wildman–Crippen LogP) is 4.05. The lowest BCUT2D eigenvalue weighted by molar-refractivity contribution is -0.135. The molecule has 0 bridgehead atoms. The summed E-state index contributed by atoms with van der Waals surface area (Å²) in [6, 6.07) is 10.7. The number of carbonyl (C=O) groups excluding carboxylic acids is 3. The molecule has 3 aliphatic rings. The quantitative estimate of drug-likeness (QED) is 0.203. The molecule has 2 N–H and O–H groups in total. The first-order valence-corrected chi connectivity index (χ1v) is 20.4. The molecule has 1 unspecified atom stereocenters. The number of fused-ring (bicyclic) bond motifs is 3. The second-order valence-corrected chi connectivity index (χ2v) is 16.4. The zero-order valence-corrected chi connectivity index (χ0v) is 33.0. The molecule has 7 heterocycles. The molecule has 0 saturated carbocycles. The molecule has 0 radical (unpaired) electrons. The van der Waals surface area contributed by atoms with Gasteiger partial charge in [-0.1, -0.05) is 17.4 Å². The summed E-state index contributed by atoms with van der Waals surface area (Å²) in [5.41, 5.74) is 4.61. The fourth-order valence-corrected chi connectivity index (χ4v) is 9.50. The molecular formula is C40H45N11O5S. The Morgan fingerprint density at radius 3 is 2.60 bits per heavy atom. The number of hydrogen-bond donors (Lipinski definition) is 2. The lowest BCUT2D eigenvalue weighted by Gasteiger charge is -2.39. The summed E-state index contributed by atoms with van der Waals surface area (Å²) < 4.78 is 11.8. The molecule has 2 aromatic carbocycles. The van der Waals surface area contributed by atoms with Crippen LogP contribution < -0.4 is 30.9 Å². The number of benzene rings is 2. The van der Waals surface area contributed by atoms with Crippen molar-refractivity contribution in [3.05, 3.63) is 71.0 Å². The molecule has 3 amide bonds. The molecule has 16 nitrogen and oxygen atoms in total. The average molecular weight is 792 g/mol. The van der Waals surface area contributed by atoms with Gasteiger partial charge in [-0.2, -0.15) is 5.10 Å². The SMILES string of the molecule is CC(C)Oc1cc2nc(N3CCN(CC4CCN(c5cccc6c5n(C)c(=O)n6C5CCC(=O)NC5=O)CC4)CC3)sc2cc1C(=O)Nc1cnn2cccnc12. The lowest BCUT2D eigenvalue weighted by atomic mass is 9.95. The number of ether oxygens (including phenoxy) is 1. The van der Waals surface area contributed by atoms with Crippen molar-refractivity contribution in [1.29, 1.82) is 0 Å². The Morgan fingerprint density at radius 1 is 1.02 bits per heavy atom. The second-order valence-electron chi connectivity index (χ2n) is 15.4. The molecule has 4 aromatic heterocycles. The van der Waals surface area contributed by atoms with Crippen molar-refractivity contribution in [3.8, 4) is 5.75 Å². The maximum absolute atomic E-state index is 13.6. The molecule has 6 aromatic rings. The summed E-state index contributed by atoms with van der Waals surface area (Å²) >= 11 is 1.59. The van der Waals surface area contributed by atoms with Crippen LogP contribution in [0.4, 0.5) is 16.5 Å². The van der Waals surface area contributed by atoms with Gasteiger partial charge in [0.2, 0.25) is 11.8 Å². The fourth-order valence-electron chi connectivity index (χ4n) is 8.46. The van der Waals surface area contributed by atoms with Crippen LogP contribution in [0.2, 0.25) is 0 Å². The Morgan fingerprint density at radius 2 is 1.82 bits per heavy atom. The highest BCUT2D eigenvalue weighted by atomic mass is 32.1. The van der Waals surface area contributed by atoms with Crippen LogP contribution in [0.5, 0.6) is 5.75 Å². The minimum Gasteiger partial charge on any atom is -0.490 e. The molecule has 0 spiro atoms. The summed E-state index contributed by atoms with van der Waals surface area (Å²) in [5, 5.41) is 10.6. The third-order valence-electron chi connectivity index (χ3n) is 11.3. The first-order valence-electron chi connectivity index (χ1n) is 19.6. The number of nitrogens with one attached hydrogen (secondary N) is 2. The molecule has 1 atom stereocenters. The zero-order chi connectivity index (χ0) is 39.4. The van der Waals surface area contributed by atoms with E-state index in [0.717, 1.165) is 90.7 Å². The van der Waals surface area contributed by atoms with E-state index in [1.807, 2.05) is 38.1 Å². The van der Waals surface area contributed by atoms with Crippen molar-refractivity contribution in [2.24, 2.45) is 13.0 Å². The van der Waals surface area contributed by atoms with Gasteiger partial charge in [-0.3, -0.25) is 33.7 Å². The summed E-state index contributed by atoms with van der Waals surface area (Å²) in [6.45, 7) is 10.3. The Bertz CT molecular complexity index is 2570. The van der Waals surface area contributed by atoms with Gasteiger partial charge in [-0.05, 0) is 63.3 Å². The van der Waals surface area contributed by atoms with Gasteiger partial charge in [0.25, 0.3) is 5.91 Å². The maximum Gasteiger partial charge on any atom is 0.329 e. The van der Waals surface area contributed by atoms with E-state index in [-0.39, 0.29) is 30.0 Å². The minimum absolute atomic E-state index is 0.129. The second kappa shape index (κ2) is 14.9. The Kier molecular flexibility index (Phi) is 9.64. The van der Waals surface area contributed by atoms with E-state index < -0.39 is 11.9 Å². The van der Waals surface area contributed by atoms with Crippen molar-refractivity contribution < 1.29 is 19.1 Å². The van der Waals surface area contributed by atoms with Gasteiger partial charge in [0.05, 0.1) is 44.8 Å². The number of anilines is 3. The highest BCUT2D eigenvalue weighted by Crippen LogP contribution is 2.36. The van der Waals surface area contributed by atoms with E-state index in [1.54, 1.807) is 56.7 Å². The first kappa shape index (κ1) is 36.8. The van der Waals surface area contributed by atoms with Gasteiger partial charge in [0.15, 0.2) is 10.8 Å². The van der Waals surface area contributed by atoms with Crippen LogP contribution in [0.3, 0.4) is 0 Å². The van der Waals surface area contributed by atoms with Crippen LogP contribution in [-0.4, -0.2) is 103 Å².